The van der Waals surface area contributed by atoms with Crippen molar-refractivity contribution in [1.29, 1.82) is 0 Å². The zero-order valence-electron chi connectivity index (χ0n) is 15.6. The molecule has 4 rings (SSSR count). The quantitative estimate of drug-likeness (QED) is 0.616. The molecule has 2 aromatic rings. The lowest BCUT2D eigenvalue weighted by atomic mass is 9.93. The van der Waals surface area contributed by atoms with Crippen LogP contribution in [0.2, 0.25) is 5.02 Å². The maximum Gasteiger partial charge on any atom is 0.226 e. The molecule has 4 heteroatoms. The molecule has 1 atom stereocenters. The molecule has 1 saturated heterocycles. The number of rotatable bonds is 5. The van der Waals surface area contributed by atoms with Crippen LogP contribution < -0.4 is 4.74 Å². The van der Waals surface area contributed by atoms with Crippen LogP contribution in [0.1, 0.15) is 44.1 Å². The Bertz CT molecular complexity index is 857. The van der Waals surface area contributed by atoms with E-state index in [1.54, 1.807) is 0 Å². The molecular weight excluding hydrogens is 358 g/mol. The third-order valence-electron chi connectivity index (χ3n) is 6.06. The standard InChI is InChI=1S/C23H26ClNO2/c1-2-27-20-10-11-21-16(15-20)8-9-17(22(21)24)14-18-12-13-25(23(18)26)19-6-4-3-5-7-19/h2,8-11,15,18-19H,1,3-7,12-14H2. The first-order valence-electron chi connectivity index (χ1n) is 9.96. The number of nitrogens with zero attached hydrogens (tertiary/aromatic N) is 1. The Labute approximate surface area is 165 Å². The van der Waals surface area contributed by atoms with Gasteiger partial charge in [0.1, 0.15) is 5.75 Å². The van der Waals surface area contributed by atoms with E-state index in [0.29, 0.717) is 11.9 Å². The fraction of sp³-hybridized carbons (Fsp3) is 0.435. The number of ether oxygens (including phenoxy) is 1. The molecule has 2 fully saturated rings. The largest absolute Gasteiger partial charge is 0.466 e. The smallest absolute Gasteiger partial charge is 0.226 e. The lowest BCUT2D eigenvalue weighted by Gasteiger charge is -2.31. The number of benzene rings is 2. The van der Waals surface area contributed by atoms with E-state index in [9.17, 15) is 4.79 Å². The van der Waals surface area contributed by atoms with E-state index in [2.05, 4.69) is 23.6 Å². The number of halogens is 1. The van der Waals surface area contributed by atoms with Crippen LogP contribution in [-0.2, 0) is 11.2 Å². The molecule has 3 nitrogen and oxygen atoms in total. The van der Waals surface area contributed by atoms with Gasteiger partial charge in [0.05, 0.1) is 11.3 Å². The third-order valence-corrected chi connectivity index (χ3v) is 6.50. The molecule has 2 aliphatic rings. The van der Waals surface area contributed by atoms with Gasteiger partial charge in [0, 0.05) is 23.9 Å². The second-order valence-electron chi connectivity index (χ2n) is 7.72. The van der Waals surface area contributed by atoms with Crippen LogP contribution >= 0.6 is 11.6 Å². The van der Waals surface area contributed by atoms with Crippen LogP contribution in [0.4, 0.5) is 0 Å². The third kappa shape index (κ3) is 3.70. The van der Waals surface area contributed by atoms with E-state index in [1.807, 2.05) is 18.2 Å². The molecule has 0 spiro atoms. The number of hydrogen-bond acceptors (Lipinski definition) is 2. The zero-order chi connectivity index (χ0) is 18.8. The van der Waals surface area contributed by atoms with Crippen molar-refractivity contribution in [2.45, 2.75) is 51.0 Å². The number of hydrogen-bond donors (Lipinski definition) is 0. The van der Waals surface area contributed by atoms with Crippen molar-refractivity contribution >= 4 is 28.3 Å². The molecule has 0 radical (unpaired) electrons. The van der Waals surface area contributed by atoms with Crippen LogP contribution in [0, 0.1) is 5.92 Å². The van der Waals surface area contributed by atoms with Gasteiger partial charge in [-0.05, 0) is 54.8 Å². The van der Waals surface area contributed by atoms with Crippen LogP contribution in [0.3, 0.4) is 0 Å². The van der Waals surface area contributed by atoms with Gasteiger partial charge in [-0.1, -0.05) is 49.6 Å². The van der Waals surface area contributed by atoms with Crippen molar-refractivity contribution < 1.29 is 9.53 Å². The SMILES string of the molecule is C=COc1ccc2c(Cl)c(CC3CCN(C4CCCCC4)C3=O)ccc2c1. The Balaban J connectivity index is 1.51. The Morgan fingerprint density at radius 2 is 1.96 bits per heavy atom. The topological polar surface area (TPSA) is 29.5 Å². The van der Waals surface area contributed by atoms with E-state index in [1.165, 1.54) is 38.4 Å². The molecule has 27 heavy (non-hydrogen) atoms. The van der Waals surface area contributed by atoms with Gasteiger partial charge in [-0.15, -0.1) is 0 Å². The molecule has 0 bridgehead atoms. The molecule has 1 unspecified atom stereocenters. The summed E-state index contributed by atoms with van der Waals surface area (Å²) >= 11 is 6.70. The first kappa shape index (κ1) is 18.4. The monoisotopic (exact) mass is 383 g/mol. The molecule has 2 aromatic carbocycles. The van der Waals surface area contributed by atoms with E-state index >= 15 is 0 Å². The van der Waals surface area contributed by atoms with Gasteiger partial charge >= 0.3 is 0 Å². The van der Waals surface area contributed by atoms with Crippen LogP contribution in [0.25, 0.3) is 10.8 Å². The fourth-order valence-electron chi connectivity index (χ4n) is 4.62. The van der Waals surface area contributed by atoms with Gasteiger partial charge < -0.3 is 9.64 Å². The number of likely N-dealkylation sites (tertiary alicyclic amines) is 1. The van der Waals surface area contributed by atoms with Crippen molar-refractivity contribution in [1.82, 2.24) is 4.90 Å². The predicted molar refractivity (Wildman–Crippen MR) is 110 cm³/mol. The van der Waals surface area contributed by atoms with Crippen LogP contribution in [-0.4, -0.2) is 23.4 Å². The summed E-state index contributed by atoms with van der Waals surface area (Å²) in [6.07, 6.45) is 9.25. The average Bonchev–Trinajstić information content (AvgIpc) is 3.05. The molecule has 0 N–H and O–H groups in total. The fourth-order valence-corrected chi connectivity index (χ4v) is 4.93. The van der Waals surface area contributed by atoms with Gasteiger partial charge in [0.2, 0.25) is 5.91 Å². The normalized spacial score (nSPS) is 21.0. The summed E-state index contributed by atoms with van der Waals surface area (Å²) in [4.78, 5) is 15.1. The van der Waals surface area contributed by atoms with Gasteiger partial charge in [-0.3, -0.25) is 4.79 Å². The minimum absolute atomic E-state index is 0.0604. The first-order valence-corrected chi connectivity index (χ1v) is 10.3. The molecule has 1 heterocycles. The van der Waals surface area contributed by atoms with E-state index in [4.69, 9.17) is 16.3 Å². The summed E-state index contributed by atoms with van der Waals surface area (Å²) in [6.45, 7) is 4.49. The maximum absolute atomic E-state index is 13.0. The Morgan fingerprint density at radius 1 is 1.15 bits per heavy atom. The van der Waals surface area contributed by atoms with Gasteiger partial charge in [0.25, 0.3) is 0 Å². The average molecular weight is 384 g/mol. The highest BCUT2D eigenvalue weighted by atomic mass is 35.5. The van der Waals surface area contributed by atoms with E-state index < -0.39 is 0 Å². The second kappa shape index (κ2) is 7.93. The van der Waals surface area contributed by atoms with E-state index in [-0.39, 0.29) is 5.92 Å². The summed E-state index contributed by atoms with van der Waals surface area (Å²) in [5.74, 6) is 1.13. The van der Waals surface area contributed by atoms with Crippen molar-refractivity contribution in [2.75, 3.05) is 6.54 Å². The Kier molecular flexibility index (Phi) is 5.40. The van der Waals surface area contributed by atoms with Crippen molar-refractivity contribution in [3.05, 3.63) is 53.8 Å². The molecule has 1 saturated carbocycles. The highest BCUT2D eigenvalue weighted by Gasteiger charge is 2.36. The summed E-state index contributed by atoms with van der Waals surface area (Å²) < 4.78 is 5.35. The van der Waals surface area contributed by atoms with Gasteiger partial charge in [0.15, 0.2) is 0 Å². The Morgan fingerprint density at radius 3 is 2.74 bits per heavy atom. The molecule has 1 aliphatic carbocycles. The molecule has 1 amide bonds. The van der Waals surface area contributed by atoms with E-state index in [0.717, 1.165) is 46.5 Å². The predicted octanol–water partition coefficient (Wildman–Crippen LogP) is 5.74. The molecule has 1 aliphatic heterocycles. The molecule has 142 valence electrons. The minimum atomic E-state index is 0.0604. The summed E-state index contributed by atoms with van der Waals surface area (Å²) in [6, 6.07) is 10.4. The van der Waals surface area contributed by atoms with Gasteiger partial charge in [-0.2, -0.15) is 0 Å². The molecular formula is C23H26ClNO2. The number of carbonyl (C=O) groups is 1. The maximum atomic E-state index is 13.0. The number of amides is 1. The number of fused-ring (bicyclic) bond motifs is 1. The lowest BCUT2D eigenvalue weighted by Crippen LogP contribution is -2.39. The summed E-state index contributed by atoms with van der Waals surface area (Å²) in [7, 11) is 0. The minimum Gasteiger partial charge on any atom is -0.466 e. The van der Waals surface area contributed by atoms with Crippen molar-refractivity contribution in [3.8, 4) is 5.75 Å². The van der Waals surface area contributed by atoms with Crippen LogP contribution in [0.15, 0.2) is 43.2 Å². The second-order valence-corrected chi connectivity index (χ2v) is 8.10. The molecule has 0 aromatic heterocycles. The van der Waals surface area contributed by atoms with Crippen molar-refractivity contribution in [3.63, 3.8) is 0 Å². The zero-order valence-corrected chi connectivity index (χ0v) is 16.4. The van der Waals surface area contributed by atoms with Crippen LogP contribution in [0.5, 0.6) is 5.75 Å². The highest BCUT2D eigenvalue weighted by Crippen LogP contribution is 2.35. The lowest BCUT2D eigenvalue weighted by molar-refractivity contribution is -0.133. The van der Waals surface area contributed by atoms with Crippen molar-refractivity contribution in [2.24, 2.45) is 5.92 Å². The Hall–Kier alpha value is -2.00. The highest BCUT2D eigenvalue weighted by molar-refractivity contribution is 6.36. The number of carbonyl (C=O) groups excluding carboxylic acids is 1. The first-order chi connectivity index (χ1) is 13.2. The summed E-state index contributed by atoms with van der Waals surface area (Å²) in [5.41, 5.74) is 1.06. The summed E-state index contributed by atoms with van der Waals surface area (Å²) in [5, 5.41) is 2.78. The van der Waals surface area contributed by atoms with Gasteiger partial charge in [-0.25, -0.2) is 0 Å².